The van der Waals surface area contributed by atoms with Gasteiger partial charge in [-0.15, -0.1) is 11.8 Å². The van der Waals surface area contributed by atoms with Gasteiger partial charge in [-0.1, -0.05) is 17.7 Å². The van der Waals surface area contributed by atoms with Crippen molar-refractivity contribution in [2.24, 2.45) is 0 Å². The predicted molar refractivity (Wildman–Crippen MR) is 89.8 cm³/mol. The van der Waals surface area contributed by atoms with Crippen molar-refractivity contribution < 1.29 is 9.59 Å². The van der Waals surface area contributed by atoms with Crippen molar-refractivity contribution in [3.05, 3.63) is 29.3 Å². The molecule has 0 bridgehead atoms. The maximum Gasteiger partial charge on any atom is 0.234 e. The van der Waals surface area contributed by atoms with Gasteiger partial charge in [-0.2, -0.15) is 0 Å². The van der Waals surface area contributed by atoms with Crippen molar-refractivity contribution in [1.29, 1.82) is 0 Å². The van der Waals surface area contributed by atoms with Crippen LogP contribution in [0, 0.1) is 13.8 Å². The molecule has 0 spiro atoms. The molecule has 4 nitrogen and oxygen atoms in total. The second kappa shape index (κ2) is 8.72. The van der Waals surface area contributed by atoms with E-state index < -0.39 is 0 Å². The number of carbonyl (C=O) groups excluding carboxylic acids is 2. The van der Waals surface area contributed by atoms with Crippen LogP contribution in [0.25, 0.3) is 0 Å². The average molecular weight is 308 g/mol. The lowest BCUT2D eigenvalue weighted by atomic mass is 10.1. The van der Waals surface area contributed by atoms with E-state index in [1.54, 1.807) is 4.90 Å². The summed E-state index contributed by atoms with van der Waals surface area (Å²) < 4.78 is 0. The minimum Gasteiger partial charge on any atom is -0.343 e. The Kier molecular flexibility index (Phi) is 7.29. The van der Waals surface area contributed by atoms with Gasteiger partial charge >= 0.3 is 0 Å². The SMILES string of the molecule is CCN(CC)C(=O)CSCC(=O)Nc1ccc(C)cc1C. The summed E-state index contributed by atoms with van der Waals surface area (Å²) in [4.78, 5) is 25.5. The molecule has 0 saturated heterocycles. The van der Waals surface area contributed by atoms with Gasteiger partial charge in [0, 0.05) is 18.8 Å². The summed E-state index contributed by atoms with van der Waals surface area (Å²) in [6.45, 7) is 9.33. The molecule has 0 aliphatic rings. The van der Waals surface area contributed by atoms with Crippen LogP contribution in [0.5, 0.6) is 0 Å². The number of carbonyl (C=O) groups is 2. The monoisotopic (exact) mass is 308 g/mol. The summed E-state index contributed by atoms with van der Waals surface area (Å²) in [5, 5.41) is 2.88. The number of anilines is 1. The summed E-state index contributed by atoms with van der Waals surface area (Å²) in [6.07, 6.45) is 0. The number of benzene rings is 1. The van der Waals surface area contributed by atoms with E-state index >= 15 is 0 Å². The molecule has 0 unspecified atom stereocenters. The van der Waals surface area contributed by atoms with E-state index in [-0.39, 0.29) is 11.8 Å². The average Bonchev–Trinajstić information content (AvgIpc) is 2.43. The van der Waals surface area contributed by atoms with Gasteiger partial charge in [0.15, 0.2) is 0 Å². The van der Waals surface area contributed by atoms with Crippen LogP contribution >= 0.6 is 11.8 Å². The third-order valence-corrected chi connectivity index (χ3v) is 4.15. The van der Waals surface area contributed by atoms with Crippen molar-refractivity contribution in [1.82, 2.24) is 4.90 Å². The van der Waals surface area contributed by atoms with Crippen molar-refractivity contribution in [2.45, 2.75) is 27.7 Å². The Morgan fingerprint density at radius 1 is 1.14 bits per heavy atom. The zero-order valence-electron chi connectivity index (χ0n) is 13.2. The zero-order chi connectivity index (χ0) is 15.8. The molecule has 0 aliphatic heterocycles. The topological polar surface area (TPSA) is 49.4 Å². The molecule has 0 fully saturated rings. The molecule has 0 aliphatic carbocycles. The van der Waals surface area contributed by atoms with E-state index in [0.29, 0.717) is 24.6 Å². The maximum absolute atomic E-state index is 11.9. The van der Waals surface area contributed by atoms with E-state index in [1.807, 2.05) is 45.9 Å². The molecule has 0 radical (unpaired) electrons. The van der Waals surface area contributed by atoms with Gasteiger partial charge in [0.25, 0.3) is 0 Å². The highest BCUT2D eigenvalue weighted by molar-refractivity contribution is 8.00. The number of nitrogens with one attached hydrogen (secondary N) is 1. The number of aryl methyl sites for hydroxylation is 2. The van der Waals surface area contributed by atoms with Crippen molar-refractivity contribution in [3.8, 4) is 0 Å². The first-order chi connectivity index (χ1) is 9.97. The maximum atomic E-state index is 11.9. The first-order valence-electron chi connectivity index (χ1n) is 7.20. The fraction of sp³-hybridized carbons (Fsp3) is 0.500. The van der Waals surface area contributed by atoms with E-state index in [4.69, 9.17) is 0 Å². The second-order valence-electron chi connectivity index (χ2n) is 4.93. The number of hydrogen-bond acceptors (Lipinski definition) is 3. The lowest BCUT2D eigenvalue weighted by Crippen LogP contribution is -2.32. The Labute approximate surface area is 131 Å². The smallest absolute Gasteiger partial charge is 0.234 e. The molecule has 2 amide bonds. The summed E-state index contributed by atoms with van der Waals surface area (Å²) in [5.74, 6) is 0.658. The predicted octanol–water partition coefficient (Wildman–Crippen LogP) is 2.84. The van der Waals surface area contributed by atoms with E-state index in [2.05, 4.69) is 5.32 Å². The van der Waals surface area contributed by atoms with E-state index in [9.17, 15) is 9.59 Å². The number of amides is 2. The minimum atomic E-state index is -0.0701. The second-order valence-corrected chi connectivity index (χ2v) is 5.91. The first kappa shape index (κ1) is 17.6. The molecule has 0 saturated carbocycles. The van der Waals surface area contributed by atoms with Gasteiger partial charge in [-0.25, -0.2) is 0 Å². The molecule has 5 heteroatoms. The lowest BCUT2D eigenvalue weighted by molar-refractivity contribution is -0.127. The highest BCUT2D eigenvalue weighted by Gasteiger charge is 2.11. The van der Waals surface area contributed by atoms with Gasteiger partial charge < -0.3 is 10.2 Å². The summed E-state index contributed by atoms with van der Waals surface area (Å²) in [5.41, 5.74) is 3.05. The van der Waals surface area contributed by atoms with Crippen molar-refractivity contribution >= 4 is 29.3 Å². The Balaban J connectivity index is 2.39. The zero-order valence-corrected chi connectivity index (χ0v) is 14.0. The Bertz CT molecular complexity index is 499. The summed E-state index contributed by atoms with van der Waals surface area (Å²) >= 11 is 1.35. The Hall–Kier alpha value is -1.49. The standard InChI is InChI=1S/C16H24N2O2S/c1-5-18(6-2)16(20)11-21-10-15(19)17-14-8-7-12(3)9-13(14)4/h7-9H,5-6,10-11H2,1-4H3,(H,17,19). The van der Waals surface area contributed by atoms with Crippen LogP contribution < -0.4 is 5.32 Å². The van der Waals surface area contributed by atoms with Crippen molar-refractivity contribution in [2.75, 3.05) is 29.9 Å². The van der Waals surface area contributed by atoms with E-state index in [1.165, 1.54) is 17.3 Å². The van der Waals surface area contributed by atoms with Gasteiger partial charge in [-0.3, -0.25) is 9.59 Å². The molecular weight excluding hydrogens is 284 g/mol. The molecular formula is C16H24N2O2S. The highest BCUT2D eigenvalue weighted by Crippen LogP contribution is 2.16. The van der Waals surface area contributed by atoms with Gasteiger partial charge in [0.05, 0.1) is 11.5 Å². The summed E-state index contributed by atoms with van der Waals surface area (Å²) in [7, 11) is 0. The van der Waals surface area contributed by atoms with Crippen LogP contribution in [-0.4, -0.2) is 41.3 Å². The molecule has 21 heavy (non-hydrogen) atoms. The molecule has 0 heterocycles. The molecule has 1 rings (SSSR count). The quantitative estimate of drug-likeness (QED) is 0.842. The van der Waals surface area contributed by atoms with Gasteiger partial charge in [0.2, 0.25) is 11.8 Å². The van der Waals surface area contributed by atoms with Gasteiger partial charge in [0.1, 0.15) is 0 Å². The molecule has 1 N–H and O–H groups in total. The van der Waals surface area contributed by atoms with Crippen LogP contribution in [0.3, 0.4) is 0 Å². The van der Waals surface area contributed by atoms with Crippen LogP contribution in [0.1, 0.15) is 25.0 Å². The third kappa shape index (κ3) is 5.79. The Morgan fingerprint density at radius 2 is 1.81 bits per heavy atom. The molecule has 0 aromatic heterocycles. The van der Waals surface area contributed by atoms with Crippen LogP contribution in [0.2, 0.25) is 0 Å². The van der Waals surface area contributed by atoms with Crippen molar-refractivity contribution in [3.63, 3.8) is 0 Å². The fourth-order valence-electron chi connectivity index (χ4n) is 2.04. The van der Waals surface area contributed by atoms with Crippen LogP contribution in [0.4, 0.5) is 5.69 Å². The van der Waals surface area contributed by atoms with E-state index in [0.717, 1.165) is 11.3 Å². The minimum absolute atomic E-state index is 0.0701. The molecule has 1 aromatic rings. The van der Waals surface area contributed by atoms with Gasteiger partial charge in [-0.05, 0) is 39.3 Å². The molecule has 0 atom stereocenters. The number of rotatable bonds is 7. The Morgan fingerprint density at radius 3 is 2.38 bits per heavy atom. The van der Waals surface area contributed by atoms with Crippen LogP contribution in [-0.2, 0) is 9.59 Å². The summed E-state index contributed by atoms with van der Waals surface area (Å²) in [6, 6.07) is 5.92. The third-order valence-electron chi connectivity index (χ3n) is 3.23. The molecule has 116 valence electrons. The fourth-order valence-corrected chi connectivity index (χ4v) is 2.76. The number of thioether (sulfide) groups is 1. The highest BCUT2D eigenvalue weighted by atomic mass is 32.2. The lowest BCUT2D eigenvalue weighted by Gasteiger charge is -2.18. The van der Waals surface area contributed by atoms with Crippen LogP contribution in [0.15, 0.2) is 18.2 Å². The number of nitrogens with zero attached hydrogens (tertiary/aromatic N) is 1. The first-order valence-corrected chi connectivity index (χ1v) is 8.36. The largest absolute Gasteiger partial charge is 0.343 e. The normalized spacial score (nSPS) is 10.3. The number of hydrogen-bond donors (Lipinski definition) is 1. The molecule has 1 aromatic carbocycles.